The summed E-state index contributed by atoms with van der Waals surface area (Å²) in [6.07, 6.45) is 3.73. The Labute approximate surface area is 113 Å². The lowest BCUT2D eigenvalue weighted by Gasteiger charge is -2.24. The van der Waals surface area contributed by atoms with Gasteiger partial charge in [-0.25, -0.2) is 0 Å². The zero-order valence-corrected chi connectivity index (χ0v) is 11.3. The lowest BCUT2D eigenvalue weighted by Crippen LogP contribution is -2.30. The highest BCUT2D eigenvalue weighted by molar-refractivity contribution is 5.67. The van der Waals surface area contributed by atoms with Crippen LogP contribution in [-0.4, -0.2) is 35.9 Å². The lowest BCUT2D eigenvalue weighted by molar-refractivity contribution is -0.139. The molecule has 1 aromatic rings. The Morgan fingerprint density at radius 2 is 2.00 bits per heavy atom. The van der Waals surface area contributed by atoms with E-state index in [-0.39, 0.29) is 6.42 Å². The molecule has 1 aliphatic rings. The van der Waals surface area contributed by atoms with E-state index < -0.39 is 12.1 Å². The molecule has 1 aliphatic carbocycles. The second-order valence-electron chi connectivity index (χ2n) is 5.29. The molecule has 0 amide bonds. The Balaban J connectivity index is 2.02. The molecule has 4 heteroatoms. The van der Waals surface area contributed by atoms with E-state index in [0.29, 0.717) is 6.54 Å². The minimum absolute atomic E-state index is 0.213. The van der Waals surface area contributed by atoms with Gasteiger partial charge in [-0.05, 0) is 48.9 Å². The van der Waals surface area contributed by atoms with Crippen molar-refractivity contribution in [3.05, 3.63) is 29.3 Å². The normalized spacial score (nSPS) is 15.7. The van der Waals surface area contributed by atoms with Crippen LogP contribution in [0, 0.1) is 0 Å². The van der Waals surface area contributed by atoms with Crippen LogP contribution in [0.1, 0.15) is 30.4 Å². The highest BCUT2D eigenvalue weighted by Gasteiger charge is 2.15. The fraction of sp³-hybridized carbons (Fsp3) is 0.533. The van der Waals surface area contributed by atoms with E-state index in [2.05, 4.69) is 18.2 Å². The van der Waals surface area contributed by atoms with Crippen LogP contribution >= 0.6 is 0 Å². The first-order chi connectivity index (χ1) is 9.06. The maximum atomic E-state index is 10.5. The molecule has 0 saturated carbocycles. The SMILES string of the molecule is CN(CC(O)CC(=O)O)c1ccc2c(c1)CCCC2. The van der Waals surface area contributed by atoms with Crippen molar-refractivity contribution in [3.63, 3.8) is 0 Å². The van der Waals surface area contributed by atoms with E-state index in [1.54, 1.807) is 0 Å². The molecule has 0 aliphatic heterocycles. The molecule has 104 valence electrons. The number of aryl methyl sites for hydroxylation is 2. The summed E-state index contributed by atoms with van der Waals surface area (Å²) in [5, 5.41) is 18.3. The van der Waals surface area contributed by atoms with Crippen molar-refractivity contribution < 1.29 is 15.0 Å². The summed E-state index contributed by atoms with van der Waals surface area (Å²) in [5.74, 6) is -0.966. The second kappa shape index (κ2) is 6.06. The number of hydrogen-bond donors (Lipinski definition) is 2. The van der Waals surface area contributed by atoms with Gasteiger partial charge < -0.3 is 15.1 Å². The van der Waals surface area contributed by atoms with Crippen molar-refractivity contribution in [1.82, 2.24) is 0 Å². The van der Waals surface area contributed by atoms with E-state index in [9.17, 15) is 9.90 Å². The highest BCUT2D eigenvalue weighted by Crippen LogP contribution is 2.25. The van der Waals surface area contributed by atoms with Crippen LogP contribution in [0.25, 0.3) is 0 Å². The van der Waals surface area contributed by atoms with E-state index >= 15 is 0 Å². The van der Waals surface area contributed by atoms with E-state index in [4.69, 9.17) is 5.11 Å². The molecule has 0 radical (unpaired) electrons. The molecule has 1 unspecified atom stereocenters. The molecule has 0 saturated heterocycles. The fourth-order valence-electron chi connectivity index (χ4n) is 2.64. The summed E-state index contributed by atoms with van der Waals surface area (Å²) in [4.78, 5) is 12.5. The Kier molecular flexibility index (Phi) is 4.43. The number of nitrogens with zero attached hydrogens (tertiary/aromatic N) is 1. The van der Waals surface area contributed by atoms with Gasteiger partial charge in [0, 0.05) is 19.3 Å². The van der Waals surface area contributed by atoms with Crippen molar-refractivity contribution in [2.24, 2.45) is 0 Å². The summed E-state index contributed by atoms with van der Waals surface area (Å²) in [7, 11) is 1.88. The third kappa shape index (κ3) is 3.70. The van der Waals surface area contributed by atoms with Crippen LogP contribution in [-0.2, 0) is 17.6 Å². The summed E-state index contributed by atoms with van der Waals surface area (Å²) in [6.45, 7) is 0.338. The fourth-order valence-corrected chi connectivity index (χ4v) is 2.64. The molecule has 0 bridgehead atoms. The summed E-state index contributed by atoms with van der Waals surface area (Å²) in [5.41, 5.74) is 3.86. The number of rotatable bonds is 5. The number of fused-ring (bicyclic) bond motifs is 1. The van der Waals surface area contributed by atoms with Gasteiger partial charge in [0.15, 0.2) is 0 Å². The first-order valence-electron chi connectivity index (χ1n) is 6.79. The van der Waals surface area contributed by atoms with Crippen molar-refractivity contribution in [3.8, 4) is 0 Å². The number of carbonyl (C=O) groups is 1. The van der Waals surface area contributed by atoms with Crippen LogP contribution in [0.3, 0.4) is 0 Å². The van der Waals surface area contributed by atoms with Crippen LogP contribution in [0.2, 0.25) is 0 Å². The monoisotopic (exact) mass is 263 g/mol. The Bertz CT molecular complexity index is 459. The molecule has 0 aromatic heterocycles. The van der Waals surface area contributed by atoms with E-state index in [1.165, 1.54) is 24.0 Å². The average molecular weight is 263 g/mol. The molecular weight excluding hydrogens is 242 g/mol. The number of carboxylic acid groups (broad SMARTS) is 1. The number of aliphatic hydroxyl groups is 1. The smallest absolute Gasteiger partial charge is 0.306 e. The third-order valence-electron chi connectivity index (χ3n) is 3.67. The minimum Gasteiger partial charge on any atom is -0.481 e. The van der Waals surface area contributed by atoms with Crippen LogP contribution in [0.4, 0.5) is 5.69 Å². The maximum Gasteiger partial charge on any atom is 0.306 e. The number of aliphatic hydroxyl groups excluding tert-OH is 1. The molecule has 1 atom stereocenters. The van der Waals surface area contributed by atoms with Gasteiger partial charge in [-0.2, -0.15) is 0 Å². The average Bonchev–Trinajstić information content (AvgIpc) is 2.37. The summed E-state index contributed by atoms with van der Waals surface area (Å²) >= 11 is 0. The van der Waals surface area contributed by atoms with Gasteiger partial charge in [0.05, 0.1) is 12.5 Å². The number of carboxylic acids is 1. The Morgan fingerprint density at radius 3 is 2.68 bits per heavy atom. The molecule has 0 spiro atoms. The van der Waals surface area contributed by atoms with Crippen LogP contribution in [0.5, 0.6) is 0 Å². The van der Waals surface area contributed by atoms with Gasteiger partial charge in [-0.1, -0.05) is 6.07 Å². The van der Waals surface area contributed by atoms with Crippen molar-refractivity contribution in [2.45, 2.75) is 38.2 Å². The van der Waals surface area contributed by atoms with Crippen LogP contribution < -0.4 is 4.90 Å². The minimum atomic E-state index is -0.966. The van der Waals surface area contributed by atoms with Gasteiger partial charge in [0.2, 0.25) is 0 Å². The van der Waals surface area contributed by atoms with E-state index in [1.807, 2.05) is 11.9 Å². The number of aliphatic carboxylic acids is 1. The zero-order valence-electron chi connectivity index (χ0n) is 11.3. The largest absolute Gasteiger partial charge is 0.481 e. The van der Waals surface area contributed by atoms with E-state index in [0.717, 1.165) is 18.5 Å². The molecule has 1 aromatic carbocycles. The van der Waals surface area contributed by atoms with Gasteiger partial charge in [-0.3, -0.25) is 4.79 Å². The molecule has 0 heterocycles. The van der Waals surface area contributed by atoms with Crippen molar-refractivity contribution >= 4 is 11.7 Å². The van der Waals surface area contributed by atoms with Gasteiger partial charge >= 0.3 is 5.97 Å². The standard InChI is InChI=1S/C15H21NO3/c1-16(10-14(17)9-15(18)19)13-7-6-11-4-2-3-5-12(11)8-13/h6-8,14,17H,2-5,9-10H2,1H3,(H,18,19). The predicted octanol–water partition coefficient (Wildman–Crippen LogP) is 1.84. The summed E-state index contributed by atoms with van der Waals surface area (Å²) in [6, 6.07) is 6.38. The number of likely N-dealkylation sites (N-methyl/N-ethyl adjacent to an activating group) is 1. The molecule has 4 nitrogen and oxygen atoms in total. The topological polar surface area (TPSA) is 60.8 Å². The van der Waals surface area contributed by atoms with Crippen LogP contribution in [0.15, 0.2) is 18.2 Å². The summed E-state index contributed by atoms with van der Waals surface area (Å²) < 4.78 is 0. The highest BCUT2D eigenvalue weighted by atomic mass is 16.4. The number of hydrogen-bond acceptors (Lipinski definition) is 3. The molecule has 0 fully saturated rings. The lowest BCUT2D eigenvalue weighted by atomic mass is 9.91. The quantitative estimate of drug-likeness (QED) is 0.851. The Hall–Kier alpha value is -1.55. The number of anilines is 1. The zero-order chi connectivity index (χ0) is 13.8. The molecular formula is C15H21NO3. The first kappa shape index (κ1) is 13.9. The van der Waals surface area contributed by atoms with Gasteiger partial charge in [0.25, 0.3) is 0 Å². The first-order valence-corrected chi connectivity index (χ1v) is 6.79. The van der Waals surface area contributed by atoms with Gasteiger partial charge in [-0.15, -0.1) is 0 Å². The molecule has 2 rings (SSSR count). The molecule has 19 heavy (non-hydrogen) atoms. The molecule has 2 N–H and O–H groups in total. The third-order valence-corrected chi connectivity index (χ3v) is 3.67. The van der Waals surface area contributed by atoms with Crippen molar-refractivity contribution in [1.29, 1.82) is 0 Å². The van der Waals surface area contributed by atoms with Gasteiger partial charge in [0.1, 0.15) is 0 Å². The maximum absolute atomic E-state index is 10.5. The van der Waals surface area contributed by atoms with Crippen molar-refractivity contribution in [2.75, 3.05) is 18.5 Å². The second-order valence-corrected chi connectivity index (χ2v) is 5.29. The Morgan fingerprint density at radius 1 is 1.32 bits per heavy atom. The number of benzene rings is 1. The predicted molar refractivity (Wildman–Crippen MR) is 74.6 cm³/mol.